The Bertz CT molecular complexity index is 288. The number of carbonyl (C=O) groups is 1. The van der Waals surface area contributed by atoms with Gasteiger partial charge >= 0.3 is 6.09 Å². The molecule has 5 nitrogen and oxygen atoms in total. The molecule has 0 aromatic heterocycles. The first-order chi connectivity index (χ1) is 8.87. The second-order valence-corrected chi connectivity index (χ2v) is 6.05. The van der Waals surface area contributed by atoms with E-state index >= 15 is 0 Å². The number of aliphatic hydroxyl groups excluding tert-OH is 1. The highest BCUT2D eigenvalue weighted by atomic mass is 16.6. The van der Waals surface area contributed by atoms with Crippen molar-refractivity contribution in [1.82, 2.24) is 4.90 Å². The molecule has 1 aliphatic heterocycles. The summed E-state index contributed by atoms with van der Waals surface area (Å²) in [5.74, 6) is 0. The van der Waals surface area contributed by atoms with E-state index in [2.05, 4.69) is 6.92 Å². The largest absolute Gasteiger partial charge is 0.444 e. The maximum Gasteiger partial charge on any atom is 0.410 e. The maximum absolute atomic E-state index is 12.0. The summed E-state index contributed by atoms with van der Waals surface area (Å²) in [7, 11) is 0. The monoisotopic (exact) mass is 273 g/mol. The number of rotatable bonds is 5. The molecule has 1 rings (SSSR count). The van der Waals surface area contributed by atoms with Crippen LogP contribution < -0.4 is 0 Å². The quantitative estimate of drug-likeness (QED) is 0.780. The zero-order chi connectivity index (χ0) is 14.5. The van der Waals surface area contributed by atoms with Crippen LogP contribution in [0, 0.1) is 0 Å². The normalized spacial score (nSPS) is 23.7. The number of nitrogens with zero attached hydrogens (tertiary/aromatic N) is 1. The molecular formula is C14H27NO4. The lowest BCUT2D eigenvalue weighted by Crippen LogP contribution is -2.41. The van der Waals surface area contributed by atoms with Crippen LogP contribution in [0.1, 0.15) is 47.0 Å². The van der Waals surface area contributed by atoms with Gasteiger partial charge in [-0.25, -0.2) is 4.79 Å². The molecule has 1 N–H and O–H groups in total. The van der Waals surface area contributed by atoms with Crippen molar-refractivity contribution in [3.8, 4) is 0 Å². The molecule has 1 amide bonds. The molecule has 19 heavy (non-hydrogen) atoms. The van der Waals surface area contributed by atoms with E-state index in [9.17, 15) is 9.90 Å². The van der Waals surface area contributed by atoms with Gasteiger partial charge in [-0.1, -0.05) is 13.3 Å². The van der Waals surface area contributed by atoms with Gasteiger partial charge in [-0.05, 0) is 33.6 Å². The van der Waals surface area contributed by atoms with Gasteiger partial charge in [0.1, 0.15) is 5.60 Å². The highest BCUT2D eigenvalue weighted by molar-refractivity contribution is 5.69. The highest BCUT2D eigenvalue weighted by Gasteiger charge is 2.37. The molecule has 1 saturated heterocycles. The summed E-state index contributed by atoms with van der Waals surface area (Å²) in [5.41, 5.74) is -0.516. The number of aliphatic hydroxyl groups is 1. The third kappa shape index (κ3) is 5.37. The minimum Gasteiger partial charge on any atom is -0.444 e. The molecule has 0 aliphatic carbocycles. The Morgan fingerprint density at radius 3 is 2.63 bits per heavy atom. The van der Waals surface area contributed by atoms with Crippen LogP contribution in [0.4, 0.5) is 4.79 Å². The first-order valence-electron chi connectivity index (χ1n) is 7.09. The van der Waals surface area contributed by atoms with Gasteiger partial charge in [-0.3, -0.25) is 0 Å². The summed E-state index contributed by atoms with van der Waals surface area (Å²) in [6.45, 7) is 8.79. The van der Waals surface area contributed by atoms with E-state index in [-0.39, 0.29) is 24.8 Å². The number of hydrogen-bond donors (Lipinski definition) is 1. The van der Waals surface area contributed by atoms with Crippen LogP contribution in [-0.2, 0) is 9.47 Å². The Balaban J connectivity index is 2.50. The SMILES string of the molecule is CCCCOC1CC(CO)N(C(=O)OC(C)(C)C)C1. The molecule has 1 heterocycles. The number of likely N-dealkylation sites (tertiary alicyclic amines) is 1. The number of unbranched alkanes of at least 4 members (excludes halogenated alkanes) is 1. The Morgan fingerprint density at radius 2 is 2.11 bits per heavy atom. The zero-order valence-corrected chi connectivity index (χ0v) is 12.5. The summed E-state index contributed by atoms with van der Waals surface area (Å²) < 4.78 is 11.1. The lowest BCUT2D eigenvalue weighted by molar-refractivity contribution is 0.0132. The summed E-state index contributed by atoms with van der Waals surface area (Å²) in [5, 5.41) is 9.37. The Hall–Kier alpha value is -0.810. The van der Waals surface area contributed by atoms with Gasteiger partial charge in [0.25, 0.3) is 0 Å². The topological polar surface area (TPSA) is 59.0 Å². The predicted molar refractivity (Wildman–Crippen MR) is 73.1 cm³/mol. The van der Waals surface area contributed by atoms with E-state index in [1.54, 1.807) is 4.90 Å². The van der Waals surface area contributed by atoms with E-state index in [0.717, 1.165) is 12.8 Å². The molecule has 2 unspecified atom stereocenters. The van der Waals surface area contributed by atoms with Crippen molar-refractivity contribution in [3.05, 3.63) is 0 Å². The van der Waals surface area contributed by atoms with Crippen molar-refractivity contribution in [1.29, 1.82) is 0 Å². The van der Waals surface area contributed by atoms with Crippen molar-refractivity contribution in [2.45, 2.75) is 64.7 Å². The molecule has 5 heteroatoms. The van der Waals surface area contributed by atoms with E-state index < -0.39 is 5.60 Å². The van der Waals surface area contributed by atoms with Gasteiger partial charge in [0.2, 0.25) is 0 Å². The third-order valence-corrected chi connectivity index (χ3v) is 3.07. The van der Waals surface area contributed by atoms with Crippen LogP contribution in [0.2, 0.25) is 0 Å². The fraction of sp³-hybridized carbons (Fsp3) is 0.929. The van der Waals surface area contributed by atoms with Crippen molar-refractivity contribution >= 4 is 6.09 Å². The maximum atomic E-state index is 12.0. The van der Waals surface area contributed by atoms with Crippen LogP contribution in [-0.4, -0.2) is 53.6 Å². The van der Waals surface area contributed by atoms with Crippen LogP contribution in [0.3, 0.4) is 0 Å². The van der Waals surface area contributed by atoms with Gasteiger partial charge in [0, 0.05) is 6.61 Å². The lowest BCUT2D eigenvalue weighted by atomic mass is 10.2. The van der Waals surface area contributed by atoms with Crippen molar-refractivity contribution in [3.63, 3.8) is 0 Å². The summed E-state index contributed by atoms with van der Waals surface area (Å²) in [6.07, 6.45) is 2.43. The molecule has 112 valence electrons. The average Bonchev–Trinajstić information content (AvgIpc) is 2.70. The molecule has 0 radical (unpaired) electrons. The molecule has 1 fully saturated rings. The van der Waals surface area contributed by atoms with E-state index in [1.807, 2.05) is 20.8 Å². The van der Waals surface area contributed by atoms with Gasteiger partial charge in [-0.15, -0.1) is 0 Å². The fourth-order valence-corrected chi connectivity index (χ4v) is 2.11. The van der Waals surface area contributed by atoms with E-state index in [0.29, 0.717) is 19.6 Å². The number of carbonyl (C=O) groups excluding carboxylic acids is 1. The van der Waals surface area contributed by atoms with Crippen LogP contribution in [0.5, 0.6) is 0 Å². The number of amides is 1. The zero-order valence-electron chi connectivity index (χ0n) is 12.5. The summed E-state index contributed by atoms with van der Waals surface area (Å²) in [6, 6.07) is -0.193. The number of ether oxygens (including phenoxy) is 2. The van der Waals surface area contributed by atoms with Gasteiger partial charge in [0.15, 0.2) is 0 Å². The molecule has 0 saturated carbocycles. The first kappa shape index (κ1) is 16.2. The molecular weight excluding hydrogens is 246 g/mol. The smallest absolute Gasteiger partial charge is 0.410 e. The minimum atomic E-state index is -0.516. The third-order valence-electron chi connectivity index (χ3n) is 3.07. The molecule has 0 bridgehead atoms. The Kier molecular flexibility index (Phi) is 6.07. The summed E-state index contributed by atoms with van der Waals surface area (Å²) in [4.78, 5) is 13.6. The molecule has 0 spiro atoms. The summed E-state index contributed by atoms with van der Waals surface area (Å²) >= 11 is 0. The molecule has 2 atom stereocenters. The average molecular weight is 273 g/mol. The molecule has 0 aromatic carbocycles. The van der Waals surface area contributed by atoms with Crippen LogP contribution >= 0.6 is 0 Å². The van der Waals surface area contributed by atoms with Gasteiger partial charge < -0.3 is 19.5 Å². The van der Waals surface area contributed by atoms with Gasteiger partial charge in [-0.2, -0.15) is 0 Å². The minimum absolute atomic E-state index is 0.0104. The van der Waals surface area contributed by atoms with Gasteiger partial charge in [0.05, 0.1) is 25.3 Å². The molecule has 1 aliphatic rings. The fourth-order valence-electron chi connectivity index (χ4n) is 2.11. The second kappa shape index (κ2) is 7.10. The Morgan fingerprint density at radius 1 is 1.42 bits per heavy atom. The predicted octanol–water partition coefficient (Wildman–Crippen LogP) is 2.17. The van der Waals surface area contributed by atoms with Crippen LogP contribution in [0.25, 0.3) is 0 Å². The van der Waals surface area contributed by atoms with Crippen molar-refractivity contribution < 1.29 is 19.4 Å². The van der Waals surface area contributed by atoms with Crippen molar-refractivity contribution in [2.75, 3.05) is 19.8 Å². The second-order valence-electron chi connectivity index (χ2n) is 6.05. The highest BCUT2D eigenvalue weighted by Crippen LogP contribution is 2.23. The van der Waals surface area contributed by atoms with E-state index in [4.69, 9.17) is 9.47 Å². The van der Waals surface area contributed by atoms with E-state index in [1.165, 1.54) is 0 Å². The Labute approximate surface area is 115 Å². The first-order valence-corrected chi connectivity index (χ1v) is 7.09. The van der Waals surface area contributed by atoms with Crippen molar-refractivity contribution in [2.24, 2.45) is 0 Å². The standard InChI is InChI=1S/C14H27NO4/c1-5-6-7-18-12-8-11(10-16)15(9-12)13(17)19-14(2,3)4/h11-12,16H,5-10H2,1-4H3. The number of hydrogen-bond acceptors (Lipinski definition) is 4. The lowest BCUT2D eigenvalue weighted by Gasteiger charge is -2.27. The molecule has 0 aromatic rings. The van der Waals surface area contributed by atoms with Crippen LogP contribution in [0.15, 0.2) is 0 Å².